The third-order valence-electron chi connectivity index (χ3n) is 3.94. The fourth-order valence-electron chi connectivity index (χ4n) is 2.41. The summed E-state index contributed by atoms with van der Waals surface area (Å²) in [6.45, 7) is 9.35. The first-order valence-corrected chi connectivity index (χ1v) is 8.39. The molecule has 0 spiro atoms. The van der Waals surface area contributed by atoms with Crippen molar-refractivity contribution in [2.24, 2.45) is 0 Å². The molecule has 1 atom stereocenters. The molecular formula is C16H24ClN3S. The summed E-state index contributed by atoms with van der Waals surface area (Å²) in [5.74, 6) is 0. The van der Waals surface area contributed by atoms with Gasteiger partial charge in [-0.3, -0.25) is 4.90 Å². The number of halogens is 1. The van der Waals surface area contributed by atoms with E-state index in [2.05, 4.69) is 35.0 Å². The number of hydrogen-bond acceptors (Lipinski definition) is 2. The van der Waals surface area contributed by atoms with Crippen LogP contribution in [0.1, 0.15) is 25.8 Å². The second-order valence-electron chi connectivity index (χ2n) is 5.65. The van der Waals surface area contributed by atoms with Crippen molar-refractivity contribution in [2.75, 3.05) is 26.2 Å². The number of hydrogen-bond donors (Lipinski definition) is 1. The maximum atomic E-state index is 6.04. The van der Waals surface area contributed by atoms with E-state index < -0.39 is 0 Å². The van der Waals surface area contributed by atoms with Crippen LogP contribution in [0.3, 0.4) is 0 Å². The maximum absolute atomic E-state index is 6.04. The fourth-order valence-corrected chi connectivity index (χ4v) is 3.00. The zero-order valence-corrected chi connectivity index (χ0v) is 14.4. The summed E-state index contributed by atoms with van der Waals surface area (Å²) < 4.78 is 0. The zero-order valence-electron chi connectivity index (χ0n) is 12.8. The van der Waals surface area contributed by atoms with E-state index >= 15 is 0 Å². The second kappa shape index (κ2) is 7.97. The van der Waals surface area contributed by atoms with E-state index in [0.29, 0.717) is 6.04 Å². The Hall–Kier alpha value is -0.840. The number of rotatable bonds is 4. The zero-order chi connectivity index (χ0) is 15.2. The molecule has 3 nitrogen and oxygen atoms in total. The molecule has 116 valence electrons. The highest BCUT2D eigenvalue weighted by atomic mass is 35.5. The summed E-state index contributed by atoms with van der Waals surface area (Å²) in [5, 5.41) is 5.10. The molecular weight excluding hydrogens is 302 g/mol. The van der Waals surface area contributed by atoms with E-state index in [1.54, 1.807) is 0 Å². The van der Waals surface area contributed by atoms with Crippen LogP contribution < -0.4 is 5.32 Å². The Bertz CT molecular complexity index is 472. The monoisotopic (exact) mass is 325 g/mol. The first kappa shape index (κ1) is 16.5. The van der Waals surface area contributed by atoms with Crippen LogP contribution in [0.15, 0.2) is 24.3 Å². The van der Waals surface area contributed by atoms with E-state index in [-0.39, 0.29) is 0 Å². The Morgan fingerprint density at radius 2 is 2.05 bits per heavy atom. The minimum Gasteiger partial charge on any atom is -0.360 e. The molecule has 1 fully saturated rings. The van der Waals surface area contributed by atoms with Crippen LogP contribution in [0.4, 0.5) is 0 Å². The highest BCUT2D eigenvalue weighted by Crippen LogP contribution is 2.14. The van der Waals surface area contributed by atoms with Crippen molar-refractivity contribution in [2.45, 2.75) is 32.9 Å². The molecule has 1 aliphatic heterocycles. The molecule has 1 heterocycles. The van der Waals surface area contributed by atoms with Crippen LogP contribution in [0, 0.1) is 0 Å². The van der Waals surface area contributed by atoms with Gasteiger partial charge in [0.15, 0.2) is 5.11 Å². The smallest absolute Gasteiger partial charge is 0.169 e. The van der Waals surface area contributed by atoms with Crippen LogP contribution in [0.2, 0.25) is 5.02 Å². The Morgan fingerprint density at radius 3 is 2.67 bits per heavy atom. The Kier molecular flexibility index (Phi) is 6.27. The average Bonchev–Trinajstić information content (AvgIpc) is 2.47. The highest BCUT2D eigenvalue weighted by molar-refractivity contribution is 7.80. The molecule has 0 amide bonds. The first-order chi connectivity index (χ1) is 10.1. The van der Waals surface area contributed by atoms with E-state index in [0.717, 1.165) is 49.3 Å². The highest BCUT2D eigenvalue weighted by Gasteiger charge is 2.19. The minimum absolute atomic E-state index is 0.446. The van der Waals surface area contributed by atoms with Crippen LogP contribution in [0.25, 0.3) is 0 Å². The van der Waals surface area contributed by atoms with Crippen molar-refractivity contribution in [1.29, 1.82) is 0 Å². The van der Waals surface area contributed by atoms with Crippen molar-refractivity contribution < 1.29 is 0 Å². The lowest BCUT2D eigenvalue weighted by atomic mass is 10.2. The predicted octanol–water partition coefficient (Wildman–Crippen LogP) is 3.13. The van der Waals surface area contributed by atoms with Gasteiger partial charge >= 0.3 is 0 Å². The average molecular weight is 326 g/mol. The topological polar surface area (TPSA) is 18.5 Å². The summed E-state index contributed by atoms with van der Waals surface area (Å²) >= 11 is 11.5. The SMILES string of the molecule is CCC(C)NC(=S)N1CCN(Cc2cccc(Cl)c2)CC1. The predicted molar refractivity (Wildman–Crippen MR) is 93.8 cm³/mol. The number of nitrogens with zero attached hydrogens (tertiary/aromatic N) is 2. The van der Waals surface area contributed by atoms with E-state index in [9.17, 15) is 0 Å². The molecule has 0 saturated carbocycles. The third kappa shape index (κ3) is 5.13. The van der Waals surface area contributed by atoms with E-state index in [1.165, 1.54) is 5.56 Å². The number of thiocarbonyl (C=S) groups is 1. The number of benzene rings is 1. The Labute approximate surface area is 138 Å². The summed E-state index contributed by atoms with van der Waals surface area (Å²) in [6, 6.07) is 8.55. The normalized spacial score (nSPS) is 17.6. The Balaban J connectivity index is 1.79. The van der Waals surface area contributed by atoms with Crippen LogP contribution in [-0.2, 0) is 6.54 Å². The molecule has 0 radical (unpaired) electrons. The van der Waals surface area contributed by atoms with Gasteiger partial charge in [-0.1, -0.05) is 30.7 Å². The van der Waals surface area contributed by atoms with Gasteiger partial charge in [-0.2, -0.15) is 0 Å². The molecule has 0 aliphatic carbocycles. The molecule has 2 rings (SSSR count). The van der Waals surface area contributed by atoms with E-state index in [1.807, 2.05) is 18.2 Å². The van der Waals surface area contributed by atoms with Gasteiger partial charge in [-0.05, 0) is 43.3 Å². The lowest BCUT2D eigenvalue weighted by Crippen LogP contribution is -2.52. The van der Waals surface area contributed by atoms with E-state index in [4.69, 9.17) is 23.8 Å². The lowest BCUT2D eigenvalue weighted by Gasteiger charge is -2.37. The van der Waals surface area contributed by atoms with Crippen LogP contribution in [-0.4, -0.2) is 47.1 Å². The van der Waals surface area contributed by atoms with Gasteiger partial charge in [0.2, 0.25) is 0 Å². The minimum atomic E-state index is 0.446. The van der Waals surface area contributed by atoms with Crippen molar-refractivity contribution in [1.82, 2.24) is 15.1 Å². The summed E-state index contributed by atoms with van der Waals surface area (Å²) in [5.41, 5.74) is 1.27. The first-order valence-electron chi connectivity index (χ1n) is 7.60. The maximum Gasteiger partial charge on any atom is 0.169 e. The second-order valence-corrected chi connectivity index (χ2v) is 6.48. The number of nitrogens with one attached hydrogen (secondary N) is 1. The van der Waals surface area contributed by atoms with Gasteiger partial charge in [0.05, 0.1) is 0 Å². The summed E-state index contributed by atoms with van der Waals surface area (Å²) in [6.07, 6.45) is 1.09. The van der Waals surface area contributed by atoms with Gasteiger partial charge in [0.25, 0.3) is 0 Å². The molecule has 21 heavy (non-hydrogen) atoms. The molecule has 1 aliphatic rings. The van der Waals surface area contributed by atoms with Gasteiger partial charge in [0.1, 0.15) is 0 Å². The van der Waals surface area contributed by atoms with Crippen LogP contribution in [0.5, 0.6) is 0 Å². The quantitative estimate of drug-likeness (QED) is 0.857. The van der Waals surface area contributed by atoms with Crippen LogP contribution >= 0.6 is 23.8 Å². The molecule has 0 aromatic heterocycles. The number of piperazine rings is 1. The third-order valence-corrected chi connectivity index (χ3v) is 4.55. The van der Waals surface area contributed by atoms with Gasteiger partial charge in [-0.15, -0.1) is 0 Å². The molecule has 1 saturated heterocycles. The van der Waals surface area contributed by atoms with Crippen molar-refractivity contribution in [3.63, 3.8) is 0 Å². The van der Waals surface area contributed by atoms with Gasteiger partial charge in [-0.25, -0.2) is 0 Å². The lowest BCUT2D eigenvalue weighted by molar-refractivity contribution is 0.174. The van der Waals surface area contributed by atoms with Gasteiger partial charge in [0, 0.05) is 43.8 Å². The summed E-state index contributed by atoms with van der Waals surface area (Å²) in [7, 11) is 0. The largest absolute Gasteiger partial charge is 0.360 e. The molecule has 5 heteroatoms. The molecule has 1 unspecified atom stereocenters. The molecule has 1 N–H and O–H groups in total. The Morgan fingerprint density at radius 1 is 1.33 bits per heavy atom. The summed E-state index contributed by atoms with van der Waals surface area (Å²) in [4.78, 5) is 4.73. The van der Waals surface area contributed by atoms with Crippen molar-refractivity contribution in [3.8, 4) is 0 Å². The van der Waals surface area contributed by atoms with Crippen molar-refractivity contribution in [3.05, 3.63) is 34.9 Å². The van der Waals surface area contributed by atoms with Gasteiger partial charge < -0.3 is 10.2 Å². The van der Waals surface area contributed by atoms with Crippen molar-refractivity contribution >= 4 is 28.9 Å². The molecule has 1 aromatic rings. The standard InChI is InChI=1S/C16H24ClN3S/c1-3-13(2)18-16(21)20-9-7-19(8-10-20)12-14-5-4-6-15(17)11-14/h4-6,11,13H,3,7-10,12H2,1-2H3,(H,18,21). The molecule has 0 bridgehead atoms. The fraction of sp³-hybridized carbons (Fsp3) is 0.562. The molecule has 1 aromatic carbocycles.